The highest BCUT2D eigenvalue weighted by Crippen LogP contribution is 2.33. The first-order valence-electron chi connectivity index (χ1n) is 5.06. The Morgan fingerprint density at radius 1 is 1.24 bits per heavy atom. The molecule has 0 radical (unpaired) electrons. The van der Waals surface area contributed by atoms with Gasteiger partial charge in [-0.1, -0.05) is 6.07 Å². The molecule has 1 aliphatic heterocycles. The molecule has 0 spiro atoms. The van der Waals surface area contributed by atoms with Gasteiger partial charge in [-0.15, -0.1) is 12.4 Å². The van der Waals surface area contributed by atoms with Crippen LogP contribution in [0, 0.1) is 5.82 Å². The number of hydrogen-bond acceptors (Lipinski definition) is 1. The van der Waals surface area contributed by atoms with Crippen LogP contribution in [-0.2, 0) is 6.18 Å². The van der Waals surface area contributed by atoms with E-state index in [0.717, 1.165) is 25.1 Å². The van der Waals surface area contributed by atoms with Crippen LogP contribution in [0.5, 0.6) is 0 Å². The van der Waals surface area contributed by atoms with E-state index in [9.17, 15) is 17.6 Å². The van der Waals surface area contributed by atoms with E-state index >= 15 is 0 Å². The van der Waals surface area contributed by atoms with E-state index in [0.29, 0.717) is 12.1 Å². The molecule has 0 aromatic heterocycles. The summed E-state index contributed by atoms with van der Waals surface area (Å²) >= 11 is 0. The molecule has 1 atom stereocenters. The quantitative estimate of drug-likeness (QED) is 0.771. The zero-order valence-corrected chi connectivity index (χ0v) is 9.67. The summed E-state index contributed by atoms with van der Waals surface area (Å²) in [6.07, 6.45) is -3.78. The minimum Gasteiger partial charge on any atom is -0.316 e. The molecule has 1 aromatic rings. The minimum atomic E-state index is -4.61. The van der Waals surface area contributed by atoms with Crippen LogP contribution in [0.3, 0.4) is 0 Å². The second-order valence-corrected chi connectivity index (χ2v) is 3.93. The van der Waals surface area contributed by atoms with Crippen LogP contribution < -0.4 is 5.32 Å². The molecule has 1 fully saturated rings. The lowest BCUT2D eigenvalue weighted by Gasteiger charge is -2.12. The maximum Gasteiger partial charge on any atom is 0.419 e. The molecule has 6 heteroatoms. The smallest absolute Gasteiger partial charge is 0.316 e. The third-order valence-corrected chi connectivity index (χ3v) is 2.83. The van der Waals surface area contributed by atoms with E-state index in [1.807, 2.05) is 0 Å². The van der Waals surface area contributed by atoms with Gasteiger partial charge in [0.1, 0.15) is 5.82 Å². The molecule has 1 aromatic carbocycles. The van der Waals surface area contributed by atoms with Crippen LogP contribution >= 0.6 is 12.4 Å². The molecule has 0 amide bonds. The normalized spacial score (nSPS) is 20.1. The Morgan fingerprint density at radius 2 is 1.94 bits per heavy atom. The van der Waals surface area contributed by atoms with Crippen molar-refractivity contribution in [3.8, 4) is 0 Å². The van der Waals surface area contributed by atoms with Crippen molar-refractivity contribution in [2.75, 3.05) is 13.1 Å². The first kappa shape index (κ1) is 14.3. The number of benzene rings is 1. The lowest BCUT2D eigenvalue weighted by molar-refractivity contribution is -0.140. The number of alkyl halides is 3. The molecule has 17 heavy (non-hydrogen) atoms. The van der Waals surface area contributed by atoms with E-state index < -0.39 is 17.6 Å². The fourth-order valence-corrected chi connectivity index (χ4v) is 1.95. The summed E-state index contributed by atoms with van der Waals surface area (Å²) in [6.45, 7) is 1.53. The van der Waals surface area contributed by atoms with Crippen LogP contribution in [0.2, 0.25) is 0 Å². The van der Waals surface area contributed by atoms with Crippen LogP contribution in [-0.4, -0.2) is 13.1 Å². The highest BCUT2D eigenvalue weighted by Gasteiger charge is 2.34. The van der Waals surface area contributed by atoms with Crippen molar-refractivity contribution < 1.29 is 17.6 Å². The molecule has 2 rings (SSSR count). The number of rotatable bonds is 1. The van der Waals surface area contributed by atoms with Crippen molar-refractivity contribution in [2.24, 2.45) is 0 Å². The molecule has 1 unspecified atom stereocenters. The molecule has 1 aliphatic rings. The Morgan fingerprint density at radius 3 is 2.41 bits per heavy atom. The Bertz CT molecular complexity index is 386. The molecule has 0 aliphatic carbocycles. The fourth-order valence-electron chi connectivity index (χ4n) is 1.95. The summed E-state index contributed by atoms with van der Waals surface area (Å²) in [6, 6.07) is 3.19. The molecular formula is C11H12ClF4N. The van der Waals surface area contributed by atoms with Crippen molar-refractivity contribution in [3.05, 3.63) is 35.1 Å². The lowest BCUT2D eigenvalue weighted by Crippen LogP contribution is -2.11. The van der Waals surface area contributed by atoms with E-state index in [2.05, 4.69) is 5.32 Å². The summed E-state index contributed by atoms with van der Waals surface area (Å²) in [5, 5.41) is 3.09. The van der Waals surface area contributed by atoms with Gasteiger partial charge < -0.3 is 5.32 Å². The van der Waals surface area contributed by atoms with Crippen molar-refractivity contribution in [3.63, 3.8) is 0 Å². The van der Waals surface area contributed by atoms with Gasteiger partial charge in [0.25, 0.3) is 0 Å². The molecule has 1 nitrogen and oxygen atoms in total. The van der Waals surface area contributed by atoms with Gasteiger partial charge >= 0.3 is 6.18 Å². The summed E-state index contributed by atoms with van der Waals surface area (Å²) in [7, 11) is 0. The maximum absolute atomic E-state index is 13.3. The van der Waals surface area contributed by atoms with Gasteiger partial charge in [0, 0.05) is 6.54 Å². The minimum absolute atomic E-state index is 0. The van der Waals surface area contributed by atoms with Gasteiger partial charge in [-0.2, -0.15) is 13.2 Å². The van der Waals surface area contributed by atoms with Gasteiger partial charge in [-0.25, -0.2) is 4.39 Å². The molecule has 1 N–H and O–H groups in total. The number of nitrogens with one attached hydrogen (secondary N) is 1. The van der Waals surface area contributed by atoms with Crippen molar-refractivity contribution in [1.29, 1.82) is 0 Å². The zero-order valence-electron chi connectivity index (χ0n) is 8.85. The van der Waals surface area contributed by atoms with Gasteiger partial charge in [0.2, 0.25) is 0 Å². The Kier molecular flexibility index (Phi) is 4.38. The molecule has 1 heterocycles. The van der Waals surface area contributed by atoms with Crippen LogP contribution in [0.1, 0.15) is 23.5 Å². The molecule has 0 bridgehead atoms. The number of hydrogen-bond donors (Lipinski definition) is 1. The molecule has 1 saturated heterocycles. The van der Waals surface area contributed by atoms with Gasteiger partial charge in [-0.3, -0.25) is 0 Å². The average molecular weight is 270 g/mol. The molecule has 96 valence electrons. The molecular weight excluding hydrogens is 258 g/mol. The summed E-state index contributed by atoms with van der Waals surface area (Å²) in [5.74, 6) is -1.06. The Labute approximate surface area is 103 Å². The van der Waals surface area contributed by atoms with E-state index in [4.69, 9.17) is 0 Å². The second kappa shape index (κ2) is 5.23. The highest BCUT2D eigenvalue weighted by molar-refractivity contribution is 5.85. The average Bonchev–Trinajstić information content (AvgIpc) is 2.68. The molecule has 0 saturated carbocycles. The van der Waals surface area contributed by atoms with Gasteiger partial charge in [0.15, 0.2) is 0 Å². The largest absolute Gasteiger partial charge is 0.419 e. The Balaban J connectivity index is 0.00000144. The predicted octanol–water partition coefficient (Wildman–Crippen LogP) is 3.34. The fraction of sp³-hybridized carbons (Fsp3) is 0.455. The van der Waals surface area contributed by atoms with Crippen molar-refractivity contribution >= 4 is 12.4 Å². The van der Waals surface area contributed by atoms with E-state index in [1.165, 1.54) is 6.07 Å². The zero-order chi connectivity index (χ0) is 11.8. The summed E-state index contributed by atoms with van der Waals surface area (Å²) in [4.78, 5) is 0. The monoisotopic (exact) mass is 269 g/mol. The van der Waals surface area contributed by atoms with Gasteiger partial charge in [-0.05, 0) is 36.6 Å². The third kappa shape index (κ3) is 3.10. The number of halogens is 5. The first-order chi connectivity index (χ1) is 7.48. The second-order valence-electron chi connectivity index (χ2n) is 3.93. The van der Waals surface area contributed by atoms with Crippen molar-refractivity contribution in [2.45, 2.75) is 18.5 Å². The first-order valence-corrected chi connectivity index (χ1v) is 5.06. The van der Waals surface area contributed by atoms with Gasteiger partial charge in [0.05, 0.1) is 5.56 Å². The van der Waals surface area contributed by atoms with E-state index in [1.54, 1.807) is 0 Å². The van der Waals surface area contributed by atoms with E-state index in [-0.39, 0.29) is 18.3 Å². The Hall–Kier alpha value is -0.810. The third-order valence-electron chi connectivity index (χ3n) is 2.83. The summed E-state index contributed by atoms with van der Waals surface area (Å²) in [5.41, 5.74) is -0.558. The predicted molar refractivity (Wildman–Crippen MR) is 58.9 cm³/mol. The van der Waals surface area contributed by atoms with Crippen LogP contribution in [0.4, 0.5) is 17.6 Å². The van der Waals surface area contributed by atoms with Crippen LogP contribution in [0.15, 0.2) is 18.2 Å². The maximum atomic E-state index is 13.3. The summed E-state index contributed by atoms with van der Waals surface area (Å²) < 4.78 is 50.2. The topological polar surface area (TPSA) is 12.0 Å². The van der Waals surface area contributed by atoms with Crippen molar-refractivity contribution in [1.82, 2.24) is 5.32 Å². The van der Waals surface area contributed by atoms with Crippen LogP contribution in [0.25, 0.3) is 0 Å². The SMILES string of the molecule is Cl.Fc1cc(C2CCNC2)ccc1C(F)(F)F. The standard InChI is InChI=1S/C11H11F4N.ClH/c12-10-5-7(8-3-4-16-6-8)1-2-9(10)11(13,14)15;/h1-2,5,8,16H,3-4,6H2;1H. The lowest BCUT2D eigenvalue weighted by atomic mass is 9.97. The highest BCUT2D eigenvalue weighted by atomic mass is 35.5.